The zero-order valence-corrected chi connectivity index (χ0v) is 15.2. The van der Waals surface area contributed by atoms with Crippen LogP contribution in [0, 0.1) is 6.92 Å². The summed E-state index contributed by atoms with van der Waals surface area (Å²) in [5, 5.41) is 2.90. The Labute approximate surface area is 154 Å². The Morgan fingerprint density at radius 3 is 2.69 bits per heavy atom. The molecular weight excluding hydrogens is 328 g/mol. The largest absolute Gasteiger partial charge is 0.478 e. The molecule has 1 aliphatic heterocycles. The van der Waals surface area contributed by atoms with Crippen LogP contribution in [0.5, 0.6) is 5.75 Å². The van der Waals surface area contributed by atoms with Crippen molar-refractivity contribution in [2.45, 2.75) is 32.8 Å². The number of fused-ring (bicyclic) bond motifs is 1. The topological polar surface area (TPSA) is 58.6 Å². The van der Waals surface area contributed by atoms with Crippen molar-refractivity contribution in [3.05, 3.63) is 59.7 Å². The lowest BCUT2D eigenvalue weighted by Crippen LogP contribution is -2.49. The normalized spacial score (nSPS) is 16.0. The minimum absolute atomic E-state index is 0.00391. The Hall–Kier alpha value is -2.82. The highest BCUT2D eigenvalue weighted by Crippen LogP contribution is 2.35. The van der Waals surface area contributed by atoms with E-state index in [0.717, 1.165) is 12.0 Å². The molecule has 0 spiro atoms. The molecule has 26 heavy (non-hydrogen) atoms. The SMILES string of the molecule is CC[C@H]1Oc2ccc(C)cc2N(CC(=O)NCCc2ccccc2)C1=O. The summed E-state index contributed by atoms with van der Waals surface area (Å²) in [5.41, 5.74) is 2.85. The molecule has 0 aromatic heterocycles. The smallest absolute Gasteiger partial charge is 0.268 e. The number of anilines is 1. The number of hydrogen-bond acceptors (Lipinski definition) is 3. The molecular formula is C21H24N2O3. The molecule has 0 radical (unpaired) electrons. The van der Waals surface area contributed by atoms with E-state index in [1.165, 1.54) is 10.5 Å². The van der Waals surface area contributed by atoms with E-state index in [2.05, 4.69) is 5.32 Å². The van der Waals surface area contributed by atoms with E-state index >= 15 is 0 Å². The van der Waals surface area contributed by atoms with Crippen LogP contribution in [-0.2, 0) is 16.0 Å². The van der Waals surface area contributed by atoms with Gasteiger partial charge in [0.25, 0.3) is 5.91 Å². The van der Waals surface area contributed by atoms with Crippen LogP contribution in [0.4, 0.5) is 5.69 Å². The Bertz CT molecular complexity index is 789. The van der Waals surface area contributed by atoms with E-state index in [9.17, 15) is 9.59 Å². The maximum atomic E-state index is 12.7. The molecule has 0 saturated heterocycles. The van der Waals surface area contributed by atoms with Gasteiger partial charge >= 0.3 is 0 Å². The highest BCUT2D eigenvalue weighted by Gasteiger charge is 2.34. The molecule has 136 valence electrons. The Kier molecular flexibility index (Phi) is 5.56. The fourth-order valence-electron chi connectivity index (χ4n) is 3.05. The maximum absolute atomic E-state index is 12.7. The number of amides is 2. The molecule has 0 aliphatic carbocycles. The second-order valence-corrected chi connectivity index (χ2v) is 6.50. The number of benzene rings is 2. The number of ether oxygens (including phenoxy) is 1. The van der Waals surface area contributed by atoms with Crippen LogP contribution < -0.4 is 15.0 Å². The number of hydrogen-bond donors (Lipinski definition) is 1. The first-order valence-corrected chi connectivity index (χ1v) is 8.97. The Morgan fingerprint density at radius 2 is 1.96 bits per heavy atom. The molecule has 2 aromatic carbocycles. The van der Waals surface area contributed by atoms with Crippen LogP contribution in [0.1, 0.15) is 24.5 Å². The Morgan fingerprint density at radius 1 is 1.19 bits per heavy atom. The van der Waals surface area contributed by atoms with Gasteiger partial charge < -0.3 is 10.1 Å². The van der Waals surface area contributed by atoms with Gasteiger partial charge in [-0.2, -0.15) is 0 Å². The van der Waals surface area contributed by atoms with Gasteiger partial charge in [0.2, 0.25) is 5.91 Å². The van der Waals surface area contributed by atoms with Gasteiger partial charge in [-0.15, -0.1) is 0 Å². The summed E-state index contributed by atoms with van der Waals surface area (Å²) in [4.78, 5) is 26.6. The molecule has 5 nitrogen and oxygen atoms in total. The van der Waals surface area contributed by atoms with Crippen molar-refractivity contribution in [3.63, 3.8) is 0 Å². The first kappa shape index (κ1) is 18.0. The van der Waals surface area contributed by atoms with Gasteiger partial charge in [-0.05, 0) is 43.0 Å². The minimum atomic E-state index is -0.540. The maximum Gasteiger partial charge on any atom is 0.268 e. The lowest BCUT2D eigenvalue weighted by Gasteiger charge is -2.33. The highest BCUT2D eigenvalue weighted by atomic mass is 16.5. The molecule has 1 heterocycles. The van der Waals surface area contributed by atoms with Crippen LogP contribution in [0.3, 0.4) is 0 Å². The Balaban J connectivity index is 1.66. The number of nitrogens with zero attached hydrogens (tertiary/aromatic N) is 1. The van der Waals surface area contributed by atoms with Crippen LogP contribution >= 0.6 is 0 Å². The van der Waals surface area contributed by atoms with Gasteiger partial charge in [-0.25, -0.2) is 0 Å². The van der Waals surface area contributed by atoms with E-state index in [1.807, 2.05) is 62.4 Å². The van der Waals surface area contributed by atoms with E-state index in [0.29, 0.717) is 24.4 Å². The molecule has 0 unspecified atom stereocenters. The third kappa shape index (κ3) is 4.04. The van der Waals surface area contributed by atoms with Gasteiger partial charge in [-0.3, -0.25) is 14.5 Å². The van der Waals surface area contributed by atoms with Crippen molar-refractivity contribution in [2.24, 2.45) is 0 Å². The number of aryl methyl sites for hydroxylation is 1. The van der Waals surface area contributed by atoms with Crippen molar-refractivity contribution in [2.75, 3.05) is 18.0 Å². The van der Waals surface area contributed by atoms with Gasteiger partial charge in [0.1, 0.15) is 12.3 Å². The van der Waals surface area contributed by atoms with Crippen molar-refractivity contribution in [3.8, 4) is 5.75 Å². The molecule has 0 fully saturated rings. The monoisotopic (exact) mass is 352 g/mol. The van der Waals surface area contributed by atoms with Gasteiger partial charge in [0.05, 0.1) is 5.69 Å². The molecule has 5 heteroatoms. The zero-order valence-electron chi connectivity index (χ0n) is 15.2. The third-order valence-electron chi connectivity index (χ3n) is 4.47. The lowest BCUT2D eigenvalue weighted by molar-refractivity contribution is -0.129. The summed E-state index contributed by atoms with van der Waals surface area (Å²) in [6.07, 6.45) is 0.789. The molecule has 1 N–H and O–H groups in total. The van der Waals surface area contributed by atoms with Crippen LogP contribution in [0.15, 0.2) is 48.5 Å². The number of carbonyl (C=O) groups excluding carboxylic acids is 2. The minimum Gasteiger partial charge on any atom is -0.478 e. The summed E-state index contributed by atoms with van der Waals surface area (Å²) in [6.45, 7) is 4.40. The second-order valence-electron chi connectivity index (χ2n) is 6.50. The van der Waals surface area contributed by atoms with Crippen molar-refractivity contribution in [1.29, 1.82) is 0 Å². The van der Waals surface area contributed by atoms with Crippen LogP contribution in [0.2, 0.25) is 0 Å². The predicted molar refractivity (Wildman–Crippen MR) is 101 cm³/mol. The number of rotatable bonds is 6. The van der Waals surface area contributed by atoms with E-state index in [-0.39, 0.29) is 18.4 Å². The fourth-order valence-corrected chi connectivity index (χ4v) is 3.05. The molecule has 0 saturated carbocycles. The predicted octanol–water partition coefficient (Wildman–Crippen LogP) is 2.86. The molecule has 1 aliphatic rings. The number of nitrogens with one attached hydrogen (secondary N) is 1. The van der Waals surface area contributed by atoms with Crippen LogP contribution in [-0.4, -0.2) is 31.0 Å². The summed E-state index contributed by atoms with van der Waals surface area (Å²) in [7, 11) is 0. The first-order chi connectivity index (χ1) is 12.6. The summed E-state index contributed by atoms with van der Waals surface area (Å²) in [5.74, 6) is 0.321. The van der Waals surface area contributed by atoms with Gasteiger partial charge in [-0.1, -0.05) is 43.3 Å². The average molecular weight is 352 g/mol. The first-order valence-electron chi connectivity index (χ1n) is 8.97. The van der Waals surface area contributed by atoms with E-state index in [1.54, 1.807) is 0 Å². The number of carbonyl (C=O) groups is 2. The molecule has 1 atom stereocenters. The van der Waals surface area contributed by atoms with E-state index < -0.39 is 6.10 Å². The third-order valence-corrected chi connectivity index (χ3v) is 4.47. The quantitative estimate of drug-likeness (QED) is 0.870. The van der Waals surface area contributed by atoms with Crippen molar-refractivity contribution >= 4 is 17.5 Å². The molecule has 2 amide bonds. The average Bonchev–Trinajstić information content (AvgIpc) is 2.65. The molecule has 2 aromatic rings. The standard InChI is InChI=1S/C21H24N2O3/c1-3-18-21(25)23(17-13-15(2)9-10-19(17)26-18)14-20(24)22-12-11-16-7-5-4-6-8-16/h4-10,13,18H,3,11-12,14H2,1-2H3,(H,22,24)/t18-/m1/s1. The summed E-state index contributed by atoms with van der Waals surface area (Å²) < 4.78 is 5.78. The summed E-state index contributed by atoms with van der Waals surface area (Å²) >= 11 is 0. The molecule has 0 bridgehead atoms. The van der Waals surface area contributed by atoms with Gasteiger partial charge in [0, 0.05) is 6.54 Å². The van der Waals surface area contributed by atoms with Crippen molar-refractivity contribution < 1.29 is 14.3 Å². The van der Waals surface area contributed by atoms with Crippen molar-refractivity contribution in [1.82, 2.24) is 5.32 Å². The van der Waals surface area contributed by atoms with Crippen LogP contribution in [0.25, 0.3) is 0 Å². The zero-order chi connectivity index (χ0) is 18.5. The summed E-state index contributed by atoms with van der Waals surface area (Å²) in [6, 6.07) is 15.7. The fraction of sp³-hybridized carbons (Fsp3) is 0.333. The highest BCUT2D eigenvalue weighted by molar-refractivity contribution is 6.03. The second kappa shape index (κ2) is 8.04. The van der Waals surface area contributed by atoms with E-state index in [4.69, 9.17) is 4.74 Å². The van der Waals surface area contributed by atoms with Gasteiger partial charge in [0.15, 0.2) is 6.10 Å². The molecule has 3 rings (SSSR count). The lowest BCUT2D eigenvalue weighted by atomic mass is 10.1.